The molecule has 16 aliphatic heterocycles. The molecule has 16 heterocycles. The Morgan fingerprint density at radius 2 is 0.324 bits per heavy atom. The minimum Gasteiger partial charge on any atom is -0.404 e. The number of guanidine groups is 8. The lowest BCUT2D eigenvalue weighted by Crippen LogP contribution is -2.68. The summed E-state index contributed by atoms with van der Waals surface area (Å²) in [6.07, 6.45) is 19.0. The van der Waals surface area contributed by atoms with Crippen LogP contribution in [0.5, 0.6) is 0 Å². The first kappa shape index (κ1) is 100. The lowest BCUT2D eigenvalue weighted by molar-refractivity contribution is -0.542. The van der Waals surface area contributed by atoms with Crippen LogP contribution in [0.25, 0.3) is 0 Å². The molecule has 4 aromatic carbocycles. The van der Waals surface area contributed by atoms with Crippen LogP contribution in [0.2, 0.25) is 10.1 Å². The summed E-state index contributed by atoms with van der Waals surface area (Å²) in [6.45, 7) is 33.8. The van der Waals surface area contributed by atoms with Crippen LogP contribution in [-0.4, -0.2) is 396 Å². The summed E-state index contributed by atoms with van der Waals surface area (Å²) in [7, 11) is -5.22. The van der Waals surface area contributed by atoms with Crippen LogP contribution >= 0.6 is 82.3 Å². The van der Waals surface area contributed by atoms with Crippen LogP contribution in [0.3, 0.4) is 0 Å². The molecule has 0 amide bonds. The summed E-state index contributed by atoms with van der Waals surface area (Å²) in [5, 5.41) is 69.3. The molecule has 35 heteroatoms. The van der Waals surface area contributed by atoms with Crippen molar-refractivity contribution in [2.45, 2.75) is 251 Å². The zero-order valence-corrected chi connectivity index (χ0v) is 91.7. The lowest BCUT2D eigenvalue weighted by Gasteiger charge is -2.44. The molecule has 16 atom stereocenters. The maximum Gasteiger partial charge on any atom is 0.346 e. The zero-order chi connectivity index (χ0) is 94.5. The molecule has 756 valence electrons. The fourth-order valence-electron chi connectivity index (χ4n) is 24.2. The quantitative estimate of drug-likeness (QED) is 0.0224. The molecule has 4 aromatic rings. The molecule has 0 aromatic heterocycles. The number of benzene rings is 4. The second-order valence-corrected chi connectivity index (χ2v) is 60.6. The summed E-state index contributed by atoms with van der Waals surface area (Å²) < 4.78 is 35.4. The summed E-state index contributed by atoms with van der Waals surface area (Å²) in [4.78, 5) is 0. The summed E-state index contributed by atoms with van der Waals surface area (Å²) >= 11 is 15.0. The minimum atomic E-state index is -2.61. The van der Waals surface area contributed by atoms with E-state index in [2.05, 4.69) is 367 Å². The Morgan fingerprint density at radius 1 is 0.201 bits per heavy atom. The van der Waals surface area contributed by atoms with Crippen molar-refractivity contribution in [3.63, 3.8) is 0 Å². The van der Waals surface area contributed by atoms with Gasteiger partial charge in [-0.2, -0.15) is 82.3 Å². The van der Waals surface area contributed by atoms with E-state index in [9.17, 15) is 0 Å². The molecule has 0 bridgehead atoms. The van der Waals surface area contributed by atoms with Crippen molar-refractivity contribution in [2.75, 3.05) is 198 Å². The number of nitrogens with zero attached hydrogens (tertiary/aromatic N) is 8. The van der Waals surface area contributed by atoms with E-state index in [0.29, 0.717) is 97.8 Å². The van der Waals surface area contributed by atoms with E-state index in [1.165, 1.54) is 158 Å². The van der Waals surface area contributed by atoms with Crippen LogP contribution in [0.15, 0.2) is 121 Å². The molecule has 0 radical (unpaired) electrons. The molecule has 0 fully saturated rings. The number of nitrogens with one attached hydrogen (secondary N) is 16. The third kappa shape index (κ3) is 25.1. The van der Waals surface area contributed by atoms with Gasteiger partial charge < -0.3 is 8.85 Å². The first-order valence-corrected chi connectivity index (χ1v) is 65.6. The van der Waals surface area contributed by atoms with E-state index in [0.717, 1.165) is 198 Å². The van der Waals surface area contributed by atoms with Crippen molar-refractivity contribution in [2.24, 2.45) is 0 Å². The molecule has 0 unspecified atom stereocenters. The van der Waals surface area contributed by atoms with E-state index >= 15 is 0 Å². The fourth-order valence-corrected chi connectivity index (χ4v) is 41.8. The van der Waals surface area contributed by atoms with Crippen molar-refractivity contribution in [1.29, 1.82) is 0 Å². The second-order valence-electron chi connectivity index (χ2n) is 44.5. The molecule has 20 rings (SSSR count). The number of thioether (sulfide) groups is 7. The number of rotatable bonds is 38. The van der Waals surface area contributed by atoms with Gasteiger partial charge in [0.05, 0.1) is 215 Å². The molecule has 0 spiro atoms. The average molecular weight is 2070 g/mol. The van der Waals surface area contributed by atoms with Crippen molar-refractivity contribution >= 4 is 167 Å². The second kappa shape index (κ2) is 47.1. The normalized spacial score (nSPS) is 29.3. The van der Waals surface area contributed by atoms with Gasteiger partial charge >= 0.3 is 47.7 Å². The fraction of sp³-hybridized carbons (Fsp3) is 0.692. The van der Waals surface area contributed by atoms with E-state index in [-0.39, 0.29) is 22.2 Å². The monoisotopic (exact) mass is 2060 g/mol. The Morgan fingerprint density at radius 3 is 0.453 bits per heavy atom. The van der Waals surface area contributed by atoms with Crippen LogP contribution in [0, 0.1) is 0 Å². The van der Waals surface area contributed by atoms with Gasteiger partial charge in [-0.25, -0.2) is 0 Å². The first-order valence-electron chi connectivity index (χ1n) is 53.7. The van der Waals surface area contributed by atoms with Gasteiger partial charge in [0.1, 0.15) is 0 Å². The Kier molecular flexibility index (Phi) is 34.0. The van der Waals surface area contributed by atoms with Crippen LogP contribution in [0.4, 0.5) is 0 Å². The lowest BCUT2D eigenvalue weighted by atomic mass is 10.1. The van der Waals surface area contributed by atoms with Gasteiger partial charge in [0.2, 0.25) is 0 Å². The molecule has 0 saturated heterocycles. The Balaban J connectivity index is 0.322. The van der Waals surface area contributed by atoms with Gasteiger partial charge in [-0.15, -0.1) is 0 Å². The molecule has 0 saturated carbocycles. The van der Waals surface area contributed by atoms with E-state index in [1.807, 2.05) is 0 Å². The van der Waals surface area contributed by atoms with Gasteiger partial charge in [0.15, 0.2) is 0 Å². The maximum absolute atomic E-state index is 7.42. The van der Waals surface area contributed by atoms with Crippen molar-refractivity contribution in [3.8, 4) is 0 Å². The number of hydrogen-bond acceptors (Lipinski definition) is 25. The Labute approximate surface area is 861 Å². The van der Waals surface area contributed by atoms with Gasteiger partial charge in [0.25, 0.3) is 16.6 Å². The molecular weight excluding hydrogens is 1900 g/mol. The predicted octanol–water partition coefficient (Wildman–Crippen LogP) is 4.01. The van der Waals surface area contributed by atoms with Gasteiger partial charge in [0, 0.05) is 183 Å². The molecule has 139 heavy (non-hydrogen) atoms. The highest BCUT2D eigenvalue weighted by molar-refractivity contribution is 8.00. The van der Waals surface area contributed by atoms with Gasteiger partial charge in [-0.1, -0.05) is 163 Å². The topological polar surface area (TPSA) is 235 Å². The van der Waals surface area contributed by atoms with Crippen LogP contribution in [0.1, 0.15) is 144 Å². The predicted molar refractivity (Wildman–Crippen MR) is 593 cm³/mol. The Hall–Kier alpha value is -6.16. The number of hydrogen-bond donors (Lipinski definition) is 16. The molecule has 16 aliphatic rings. The van der Waals surface area contributed by atoms with Crippen molar-refractivity contribution in [1.82, 2.24) is 85.1 Å². The molecule has 16 N–H and O–H groups in total. The molecule has 26 nitrogen and oxygen atoms in total. The van der Waals surface area contributed by atoms with E-state index in [1.54, 1.807) is 0 Å². The summed E-state index contributed by atoms with van der Waals surface area (Å²) in [5.74, 6) is 26.1. The Bertz CT molecular complexity index is 4660. The van der Waals surface area contributed by atoms with Crippen molar-refractivity contribution < 1.29 is 45.5 Å². The smallest absolute Gasteiger partial charge is 0.346 e. The van der Waals surface area contributed by atoms with Gasteiger partial charge in [-0.05, 0) is 30.8 Å². The largest absolute Gasteiger partial charge is 0.404 e. The SMILES string of the molecule is CC(C)(C)[Si](OC[C@H]1CC[N+]2=C(N1)N[C@@H](CSC[C@H]1CC[N+]3=C(N1)N[C@@H](CSC[C@H]1CC[N+]4=C(N1)N[C@@H](CSC[C@H]1CC[N+]5=C(N1)N[C@@H](CSC[C@H]1CC[N+]6=C(N[C@@H](CSC[C@H]7CC[N+]8=C(N[C@@H](CSC[C@H]9CC[N+]%10=C(N[C@@H](CSC[C@H]%11CC[N+]%12=C(N[C@@H](CO[Si](c%13ccccc%13)(c%13ccccc%13)C(C)(C)C)CC%12)N%11)CC%10)N9)CC8)N7)CC6)N1)CC5)CC4)CC3)CC2)(c1ccccc1)c1ccccc1. The summed E-state index contributed by atoms with van der Waals surface area (Å²) in [6, 6.07) is 51.8. The van der Waals surface area contributed by atoms with E-state index in [4.69, 9.17) is 8.85 Å². The highest BCUT2D eigenvalue weighted by atomic mass is 32.2. The highest BCUT2D eigenvalue weighted by Crippen LogP contribution is 2.39. The van der Waals surface area contributed by atoms with Gasteiger partial charge in [-0.3, -0.25) is 122 Å². The third-order valence-electron chi connectivity index (χ3n) is 32.2. The molecule has 0 aliphatic carbocycles. The van der Waals surface area contributed by atoms with Crippen LogP contribution in [-0.2, 0) is 8.85 Å². The highest BCUT2D eigenvalue weighted by Gasteiger charge is 2.54. The third-order valence-corrected chi connectivity index (χ3v) is 51.2. The maximum atomic E-state index is 7.42. The zero-order valence-electron chi connectivity index (χ0n) is 84.0. The average Bonchev–Trinajstić information content (AvgIpc) is 0.746. The minimum absolute atomic E-state index is 0.0386. The van der Waals surface area contributed by atoms with Crippen LogP contribution < -0.4 is 106 Å². The molecular formula is C104H166N24O2S7Si2+8. The van der Waals surface area contributed by atoms with Crippen molar-refractivity contribution in [3.05, 3.63) is 121 Å². The standard InChI is InChI=1S/C104H158N24O2S7Si2/c1-103(2,3)138(91-19-11-7-12-20-91,92-21-13-8-14-22-92)129-59-75-27-43-121-45-29-77(107-95(121)105-75)61-131-63-79-31-47-123-49-33-81(111-97(123)109-79)65-133-67-83-35-51-125-53-37-85(115-99(125)113-83)69-135-71-87-39-55-127-57-41-89(119-101(127)117-87)73-137-74-90-42-58-128-56-40-88(118-102(128)120-90)72-136-70-86-38-54-126-52-36-84(114-100(126)116-86)68-134-66-82-34-50-124-48-32-80(110-98(124)112-82)64-132-62-78-30-46-122-44-28-76(106-96(122)108-78)60-130-139(104(4,5)6,93-23-15-9-16-24-93)94-25-17-10-18-26-94/h7-26,75-90H,27-74H2,1-6H3,(H8,105,106,107,108,109,110,111,112,113,114,115,116,117,118,119,120)/p+8/t75-,76-,77-,78-,79-,80-,81-,82-,83-,84-,85-,86-,87-,88-,89-,90-/m1/s1. The van der Waals surface area contributed by atoms with E-state index < -0.39 is 16.6 Å². The first-order chi connectivity index (χ1) is 68.0. The summed E-state index contributed by atoms with van der Waals surface area (Å²) in [5.41, 5.74) is 0.